The Hall–Kier alpha value is -1.03. The van der Waals surface area contributed by atoms with Crippen LogP contribution in [0.15, 0.2) is 6.20 Å². The number of methoxy groups -OCH3 is 1. The number of nitrogens with one attached hydrogen (secondary N) is 1. The Kier molecular flexibility index (Phi) is 5.68. The molecule has 1 aliphatic carbocycles. The summed E-state index contributed by atoms with van der Waals surface area (Å²) < 4.78 is 7.73. The number of aromatic nitrogens is 2. The lowest BCUT2D eigenvalue weighted by Crippen LogP contribution is -2.28. The van der Waals surface area contributed by atoms with Gasteiger partial charge in [0.1, 0.15) is 0 Å². The molecule has 0 aliphatic heterocycles. The highest BCUT2D eigenvalue weighted by molar-refractivity contribution is 5.30. The molecule has 4 heteroatoms. The zero-order valence-electron chi connectivity index (χ0n) is 14.2. The van der Waals surface area contributed by atoms with Crippen molar-refractivity contribution >= 4 is 0 Å². The second-order valence-corrected chi connectivity index (χ2v) is 6.99. The largest absolute Gasteiger partial charge is 0.493 e. The topological polar surface area (TPSA) is 39.1 Å². The molecule has 2 unspecified atom stereocenters. The van der Waals surface area contributed by atoms with E-state index in [1.165, 1.54) is 25.0 Å². The average Bonchev–Trinajstić information content (AvgIpc) is 3.02. The van der Waals surface area contributed by atoms with E-state index < -0.39 is 0 Å². The maximum Gasteiger partial charge on any atom is 0.160 e. The van der Waals surface area contributed by atoms with Crippen LogP contribution in [0.4, 0.5) is 0 Å². The van der Waals surface area contributed by atoms with Crippen molar-refractivity contribution < 1.29 is 4.74 Å². The Labute approximate surface area is 129 Å². The van der Waals surface area contributed by atoms with Crippen LogP contribution in [0.2, 0.25) is 0 Å². The van der Waals surface area contributed by atoms with Crippen LogP contribution >= 0.6 is 0 Å². The van der Waals surface area contributed by atoms with Gasteiger partial charge in [0.05, 0.1) is 19.0 Å². The summed E-state index contributed by atoms with van der Waals surface area (Å²) in [6.07, 6.45) is 5.75. The monoisotopic (exact) mass is 293 g/mol. The number of hydrogen-bond donors (Lipinski definition) is 1. The first-order valence-corrected chi connectivity index (χ1v) is 8.36. The smallest absolute Gasteiger partial charge is 0.160 e. The minimum Gasteiger partial charge on any atom is -0.493 e. The van der Waals surface area contributed by atoms with E-state index in [1.54, 1.807) is 7.11 Å². The lowest BCUT2D eigenvalue weighted by Gasteiger charge is -2.24. The van der Waals surface area contributed by atoms with Crippen LogP contribution in [-0.4, -0.2) is 30.0 Å². The summed E-state index contributed by atoms with van der Waals surface area (Å²) in [4.78, 5) is 0. The van der Waals surface area contributed by atoms with E-state index in [-0.39, 0.29) is 0 Å². The molecule has 1 aromatic rings. The second kappa shape index (κ2) is 7.30. The van der Waals surface area contributed by atoms with Gasteiger partial charge in [0, 0.05) is 12.0 Å². The van der Waals surface area contributed by atoms with Crippen molar-refractivity contribution in [3.05, 3.63) is 11.9 Å². The third-order valence-corrected chi connectivity index (χ3v) is 4.48. The van der Waals surface area contributed by atoms with Crippen LogP contribution in [0.25, 0.3) is 0 Å². The highest BCUT2D eigenvalue weighted by Gasteiger charge is 2.33. The summed E-state index contributed by atoms with van der Waals surface area (Å²) in [6, 6.07) is 0.383. The Morgan fingerprint density at radius 1 is 1.33 bits per heavy atom. The van der Waals surface area contributed by atoms with Gasteiger partial charge in [-0.3, -0.25) is 4.68 Å². The summed E-state index contributed by atoms with van der Waals surface area (Å²) >= 11 is 0. The SMILES string of the molecule is COc1cnn(C(C)C)c1C1CCCC1CNCC(C)C. The molecule has 4 nitrogen and oxygen atoms in total. The van der Waals surface area contributed by atoms with E-state index in [4.69, 9.17) is 4.74 Å². The number of hydrogen-bond acceptors (Lipinski definition) is 3. The molecule has 2 atom stereocenters. The molecule has 1 fully saturated rings. The van der Waals surface area contributed by atoms with Crippen molar-refractivity contribution in [2.24, 2.45) is 11.8 Å². The van der Waals surface area contributed by atoms with Gasteiger partial charge in [-0.25, -0.2) is 0 Å². The summed E-state index contributed by atoms with van der Waals surface area (Å²) in [5.41, 5.74) is 1.31. The molecule has 0 bridgehead atoms. The molecular weight excluding hydrogens is 262 g/mol. The molecule has 1 aromatic heterocycles. The zero-order chi connectivity index (χ0) is 15.4. The highest BCUT2D eigenvalue weighted by Crippen LogP contribution is 2.43. The first-order chi connectivity index (χ1) is 10.0. The number of ether oxygens (including phenoxy) is 1. The fourth-order valence-electron chi connectivity index (χ4n) is 3.48. The van der Waals surface area contributed by atoms with E-state index in [9.17, 15) is 0 Å². The van der Waals surface area contributed by atoms with E-state index in [1.807, 2.05) is 6.20 Å². The molecule has 0 amide bonds. The van der Waals surface area contributed by atoms with E-state index in [0.29, 0.717) is 23.8 Å². The molecule has 2 rings (SSSR count). The minimum atomic E-state index is 0.383. The fourth-order valence-corrected chi connectivity index (χ4v) is 3.48. The average molecular weight is 293 g/mol. The Morgan fingerprint density at radius 3 is 2.71 bits per heavy atom. The quantitative estimate of drug-likeness (QED) is 0.835. The van der Waals surface area contributed by atoms with Gasteiger partial charge in [-0.05, 0) is 51.6 Å². The van der Waals surface area contributed by atoms with Crippen molar-refractivity contribution in [1.82, 2.24) is 15.1 Å². The van der Waals surface area contributed by atoms with Gasteiger partial charge in [-0.15, -0.1) is 0 Å². The predicted molar refractivity (Wildman–Crippen MR) is 87.0 cm³/mol. The normalized spacial score (nSPS) is 22.4. The highest BCUT2D eigenvalue weighted by atomic mass is 16.5. The Balaban J connectivity index is 2.13. The molecule has 1 heterocycles. The third kappa shape index (κ3) is 3.79. The first-order valence-electron chi connectivity index (χ1n) is 8.36. The van der Waals surface area contributed by atoms with Crippen LogP contribution in [0.3, 0.4) is 0 Å². The minimum absolute atomic E-state index is 0.383. The number of nitrogens with zero attached hydrogens (tertiary/aromatic N) is 2. The van der Waals surface area contributed by atoms with Crippen molar-refractivity contribution in [2.45, 2.75) is 58.9 Å². The van der Waals surface area contributed by atoms with Crippen LogP contribution < -0.4 is 10.1 Å². The van der Waals surface area contributed by atoms with Gasteiger partial charge in [0.25, 0.3) is 0 Å². The molecule has 1 aliphatic rings. The molecule has 120 valence electrons. The second-order valence-electron chi connectivity index (χ2n) is 6.99. The van der Waals surface area contributed by atoms with Crippen molar-refractivity contribution in [3.63, 3.8) is 0 Å². The third-order valence-electron chi connectivity index (χ3n) is 4.48. The summed E-state index contributed by atoms with van der Waals surface area (Å²) in [6.45, 7) is 11.1. The van der Waals surface area contributed by atoms with Gasteiger partial charge >= 0.3 is 0 Å². The molecule has 0 spiro atoms. The summed E-state index contributed by atoms with van der Waals surface area (Å²) in [7, 11) is 1.76. The van der Waals surface area contributed by atoms with E-state index >= 15 is 0 Å². The Bertz CT molecular complexity index is 439. The van der Waals surface area contributed by atoms with Gasteiger partial charge in [-0.2, -0.15) is 5.10 Å². The van der Waals surface area contributed by atoms with Crippen LogP contribution in [0, 0.1) is 11.8 Å². The zero-order valence-corrected chi connectivity index (χ0v) is 14.2. The molecule has 0 aromatic carbocycles. The van der Waals surface area contributed by atoms with Gasteiger partial charge in [0.2, 0.25) is 0 Å². The maximum absolute atomic E-state index is 5.58. The van der Waals surface area contributed by atoms with Crippen molar-refractivity contribution in [3.8, 4) is 5.75 Å². The maximum atomic E-state index is 5.58. The molecule has 21 heavy (non-hydrogen) atoms. The lowest BCUT2D eigenvalue weighted by molar-refractivity contribution is 0.366. The summed E-state index contributed by atoms with van der Waals surface area (Å²) in [5.74, 6) is 2.95. The first kappa shape index (κ1) is 16.3. The number of rotatable bonds is 7. The summed E-state index contributed by atoms with van der Waals surface area (Å²) in [5, 5.41) is 8.18. The van der Waals surface area contributed by atoms with E-state index in [0.717, 1.165) is 18.8 Å². The van der Waals surface area contributed by atoms with E-state index in [2.05, 4.69) is 42.8 Å². The van der Waals surface area contributed by atoms with Gasteiger partial charge < -0.3 is 10.1 Å². The molecule has 0 radical (unpaired) electrons. The fraction of sp³-hybridized carbons (Fsp3) is 0.824. The van der Waals surface area contributed by atoms with Crippen molar-refractivity contribution in [1.29, 1.82) is 0 Å². The standard InChI is InChI=1S/C17H31N3O/c1-12(2)9-18-10-14-7-6-8-15(14)17-16(21-5)11-19-20(17)13(3)4/h11-15,18H,6-10H2,1-5H3. The molecule has 1 saturated carbocycles. The molecular formula is C17H31N3O. The van der Waals surface area contributed by atoms with Crippen LogP contribution in [0.5, 0.6) is 5.75 Å². The lowest BCUT2D eigenvalue weighted by atomic mass is 9.91. The Morgan fingerprint density at radius 2 is 2.10 bits per heavy atom. The van der Waals surface area contributed by atoms with Gasteiger partial charge in [-0.1, -0.05) is 20.3 Å². The molecule has 1 N–H and O–H groups in total. The van der Waals surface area contributed by atoms with Crippen LogP contribution in [0.1, 0.15) is 64.6 Å². The van der Waals surface area contributed by atoms with Crippen molar-refractivity contribution in [2.75, 3.05) is 20.2 Å². The predicted octanol–water partition coefficient (Wildman–Crippen LogP) is 3.60. The molecule has 0 saturated heterocycles. The van der Waals surface area contributed by atoms with Gasteiger partial charge in [0.15, 0.2) is 5.75 Å². The van der Waals surface area contributed by atoms with Crippen LogP contribution in [-0.2, 0) is 0 Å².